The van der Waals surface area contributed by atoms with Gasteiger partial charge in [0.15, 0.2) is 0 Å². The molecule has 0 spiro atoms. The predicted octanol–water partition coefficient (Wildman–Crippen LogP) is 3.38. The number of rotatable bonds is 5. The molecule has 0 saturated heterocycles. The van der Waals surface area contributed by atoms with Gasteiger partial charge in [0.2, 0.25) is 0 Å². The minimum absolute atomic E-state index is 0. The van der Waals surface area contributed by atoms with Crippen molar-refractivity contribution in [3.05, 3.63) is 35.9 Å². The second-order valence-corrected chi connectivity index (χ2v) is 4.25. The van der Waals surface area contributed by atoms with Crippen LogP contribution in [0.5, 0.6) is 5.75 Å². The Kier molecular flexibility index (Phi) is 4.29. The molecule has 1 rings (SSSR count). The van der Waals surface area contributed by atoms with E-state index in [1.165, 1.54) is 0 Å². The van der Waals surface area contributed by atoms with Crippen molar-refractivity contribution in [2.24, 2.45) is 0 Å². The normalized spacial score (nSPS) is 16.1. The number of hydrogen-bond donors (Lipinski definition) is 1. The summed E-state index contributed by atoms with van der Waals surface area (Å²) in [5.74, 6) is 0.643. The molecule has 0 aromatic heterocycles. The first kappa shape index (κ1) is 13.7. The molecule has 17 heavy (non-hydrogen) atoms. The Bertz CT molecular complexity index is 407. The zero-order chi connectivity index (χ0) is 13.1. The molecule has 0 amide bonds. The summed E-state index contributed by atoms with van der Waals surface area (Å²) < 4.78 is 19.9. The van der Waals surface area contributed by atoms with Gasteiger partial charge in [-0.1, -0.05) is 24.8 Å². The largest absolute Gasteiger partial charge is 0.496 e. The molecule has 0 bridgehead atoms. The third-order valence-electron chi connectivity index (χ3n) is 3.26. The van der Waals surface area contributed by atoms with E-state index in [0.29, 0.717) is 11.3 Å². The fourth-order valence-electron chi connectivity index (χ4n) is 1.70. The molecule has 1 aromatic rings. The van der Waals surface area contributed by atoms with Crippen LogP contribution in [0.15, 0.2) is 24.8 Å². The van der Waals surface area contributed by atoms with Crippen LogP contribution >= 0.6 is 0 Å². The van der Waals surface area contributed by atoms with Crippen LogP contribution in [0.4, 0.5) is 4.39 Å². The lowest BCUT2D eigenvalue weighted by molar-refractivity contribution is 0.140. The van der Waals surface area contributed by atoms with Gasteiger partial charge >= 0.3 is 0 Å². The van der Waals surface area contributed by atoms with E-state index in [0.717, 1.165) is 5.56 Å². The summed E-state index contributed by atoms with van der Waals surface area (Å²) in [6.45, 7) is 7.08. The highest BCUT2D eigenvalue weighted by atomic mass is 19.1. The molecule has 3 heteroatoms. The number of likely N-dealkylation sites (N-methyl/N-ethyl adjacent to an activating group) is 1. The van der Waals surface area contributed by atoms with Crippen LogP contribution in [0.3, 0.4) is 0 Å². The van der Waals surface area contributed by atoms with Gasteiger partial charge in [-0.25, -0.2) is 4.39 Å². The average Bonchev–Trinajstić information content (AvgIpc) is 2.36. The van der Waals surface area contributed by atoms with Gasteiger partial charge in [0.1, 0.15) is 11.4 Å². The zero-order valence-corrected chi connectivity index (χ0v) is 10.9. The quantitative estimate of drug-likeness (QED) is 0.850. The number of halogens is 1. The van der Waals surface area contributed by atoms with Crippen molar-refractivity contribution < 1.29 is 10.6 Å². The molecule has 0 heterocycles. The molecule has 2 unspecified atom stereocenters. The van der Waals surface area contributed by atoms with Crippen molar-refractivity contribution in [1.82, 2.24) is 5.32 Å². The summed E-state index contributed by atoms with van der Waals surface area (Å²) in [5, 5.41) is 2.93. The van der Waals surface area contributed by atoms with E-state index in [9.17, 15) is 4.39 Å². The molecule has 2 atom stereocenters. The van der Waals surface area contributed by atoms with Gasteiger partial charge in [-0.05, 0) is 32.5 Å². The summed E-state index contributed by atoms with van der Waals surface area (Å²) in [6, 6.07) is 5.04. The van der Waals surface area contributed by atoms with Crippen LogP contribution in [0.25, 0.3) is 6.08 Å². The highest BCUT2D eigenvalue weighted by Crippen LogP contribution is 2.33. The number of methoxy groups -OCH3 is 1. The lowest BCUT2D eigenvalue weighted by atomic mass is 9.90. The third kappa shape index (κ3) is 2.67. The van der Waals surface area contributed by atoms with Crippen LogP contribution in [0.2, 0.25) is 0 Å². The minimum atomic E-state index is -1.44. The Balaban J connectivity index is 0.00000289. The highest BCUT2D eigenvalue weighted by Gasteiger charge is 2.32. The van der Waals surface area contributed by atoms with Crippen LogP contribution in [0, 0.1) is 0 Å². The van der Waals surface area contributed by atoms with Crippen LogP contribution in [-0.4, -0.2) is 20.2 Å². The zero-order valence-electron chi connectivity index (χ0n) is 10.9. The molecule has 1 aromatic carbocycles. The Morgan fingerprint density at radius 1 is 1.59 bits per heavy atom. The number of benzene rings is 1. The molecule has 0 aliphatic rings. The van der Waals surface area contributed by atoms with Gasteiger partial charge in [-0.2, -0.15) is 0 Å². The van der Waals surface area contributed by atoms with Crippen molar-refractivity contribution in [2.45, 2.75) is 25.6 Å². The molecule has 96 valence electrons. The first-order valence-corrected chi connectivity index (χ1v) is 5.64. The molecule has 0 saturated carbocycles. The van der Waals surface area contributed by atoms with Crippen molar-refractivity contribution in [2.75, 3.05) is 14.2 Å². The molecule has 2 nitrogen and oxygen atoms in total. The predicted molar refractivity (Wildman–Crippen MR) is 72.2 cm³/mol. The van der Waals surface area contributed by atoms with Gasteiger partial charge in [0.05, 0.1) is 7.11 Å². The topological polar surface area (TPSA) is 21.3 Å². The van der Waals surface area contributed by atoms with Crippen molar-refractivity contribution in [3.8, 4) is 5.75 Å². The lowest BCUT2D eigenvalue weighted by Crippen LogP contribution is -2.39. The Labute approximate surface area is 104 Å². The summed E-state index contributed by atoms with van der Waals surface area (Å²) in [6.07, 6.45) is 1.69. The molecule has 0 fully saturated rings. The monoisotopic (exact) mass is 239 g/mol. The van der Waals surface area contributed by atoms with Gasteiger partial charge < -0.3 is 10.1 Å². The average molecular weight is 239 g/mol. The van der Waals surface area contributed by atoms with E-state index in [2.05, 4.69) is 11.9 Å². The molecular weight excluding hydrogens is 217 g/mol. The number of nitrogens with one attached hydrogen (secondary N) is 1. The van der Waals surface area contributed by atoms with Crippen molar-refractivity contribution >= 4 is 6.08 Å². The third-order valence-corrected chi connectivity index (χ3v) is 3.26. The second kappa shape index (κ2) is 5.32. The van der Waals surface area contributed by atoms with Gasteiger partial charge in [0, 0.05) is 13.0 Å². The fourth-order valence-corrected chi connectivity index (χ4v) is 1.70. The summed E-state index contributed by atoms with van der Waals surface area (Å²) >= 11 is 0. The molecule has 0 aliphatic carbocycles. The Morgan fingerprint density at radius 3 is 2.71 bits per heavy atom. The maximum atomic E-state index is 14.6. The SMILES string of the molecule is C=Cc1ccc(C(C)(F)C(C)NC)cc1OC.[HH]. The summed E-state index contributed by atoms with van der Waals surface area (Å²) in [7, 11) is 3.32. The maximum absolute atomic E-state index is 14.6. The van der Waals surface area contributed by atoms with Crippen LogP contribution in [-0.2, 0) is 5.67 Å². The van der Waals surface area contributed by atoms with E-state index in [1.54, 1.807) is 39.3 Å². The number of alkyl halides is 1. The second-order valence-electron chi connectivity index (χ2n) is 4.25. The molecule has 1 N–H and O–H groups in total. The van der Waals surface area contributed by atoms with Gasteiger partial charge in [-0.15, -0.1) is 0 Å². The van der Waals surface area contributed by atoms with E-state index in [4.69, 9.17) is 4.74 Å². The van der Waals surface area contributed by atoms with Crippen LogP contribution in [0.1, 0.15) is 26.4 Å². The van der Waals surface area contributed by atoms with Crippen molar-refractivity contribution in [1.29, 1.82) is 0 Å². The van der Waals surface area contributed by atoms with E-state index >= 15 is 0 Å². The first-order chi connectivity index (χ1) is 7.97. The molecule has 0 aliphatic heterocycles. The number of ether oxygens (including phenoxy) is 1. The Hall–Kier alpha value is -1.35. The molecular formula is C14H22FNO. The Morgan fingerprint density at radius 2 is 2.24 bits per heavy atom. The van der Waals surface area contributed by atoms with E-state index in [-0.39, 0.29) is 7.47 Å². The van der Waals surface area contributed by atoms with Crippen molar-refractivity contribution in [3.63, 3.8) is 0 Å². The van der Waals surface area contributed by atoms with Crippen LogP contribution < -0.4 is 10.1 Å². The summed E-state index contributed by atoms with van der Waals surface area (Å²) in [5.41, 5.74) is 0.0211. The highest BCUT2D eigenvalue weighted by molar-refractivity contribution is 5.57. The number of hydrogen-bond acceptors (Lipinski definition) is 2. The lowest BCUT2D eigenvalue weighted by Gasteiger charge is -2.28. The van der Waals surface area contributed by atoms with E-state index in [1.807, 2.05) is 13.0 Å². The first-order valence-electron chi connectivity index (χ1n) is 5.64. The molecule has 0 radical (unpaired) electrons. The standard InChI is InChI=1S/C14H20FNO.H2/c1-6-11-7-8-12(9-13(11)17-5)14(3,15)10(2)16-4;/h6-10,16H,1H2,2-5H3;1H. The fraction of sp³-hybridized carbons (Fsp3) is 0.429. The summed E-state index contributed by atoms with van der Waals surface area (Å²) in [4.78, 5) is 0. The van der Waals surface area contributed by atoms with Gasteiger partial charge in [0.25, 0.3) is 0 Å². The van der Waals surface area contributed by atoms with Gasteiger partial charge in [-0.3, -0.25) is 0 Å². The smallest absolute Gasteiger partial charge is 0.148 e. The minimum Gasteiger partial charge on any atom is -0.496 e. The maximum Gasteiger partial charge on any atom is 0.148 e. The van der Waals surface area contributed by atoms with E-state index < -0.39 is 5.67 Å².